The van der Waals surface area contributed by atoms with Gasteiger partial charge in [0, 0.05) is 19.6 Å². The molecule has 0 aliphatic heterocycles. The van der Waals surface area contributed by atoms with Gasteiger partial charge in [-0.05, 0) is 31.1 Å². The number of nitrogens with one attached hydrogen (secondary N) is 1. The van der Waals surface area contributed by atoms with Gasteiger partial charge in [0.15, 0.2) is 0 Å². The molecule has 3 nitrogen and oxygen atoms in total. The van der Waals surface area contributed by atoms with Crippen LogP contribution in [0.1, 0.15) is 45.0 Å². The summed E-state index contributed by atoms with van der Waals surface area (Å²) >= 11 is 6.41. The first-order valence-corrected chi connectivity index (χ1v) is 7.24. The van der Waals surface area contributed by atoms with Gasteiger partial charge < -0.3 is 5.32 Å². The van der Waals surface area contributed by atoms with E-state index in [9.17, 15) is 0 Å². The second kappa shape index (κ2) is 5.22. The molecule has 1 aliphatic rings. The summed E-state index contributed by atoms with van der Waals surface area (Å²) in [4.78, 5) is 0. The van der Waals surface area contributed by atoms with Crippen LogP contribution >= 0.6 is 11.6 Å². The van der Waals surface area contributed by atoms with Crippen molar-refractivity contribution < 1.29 is 0 Å². The molecule has 1 heterocycles. The van der Waals surface area contributed by atoms with E-state index in [4.69, 9.17) is 11.6 Å². The van der Waals surface area contributed by atoms with Crippen LogP contribution in [0.2, 0.25) is 5.02 Å². The molecule has 102 valence electrons. The highest BCUT2D eigenvalue weighted by Gasteiger charge is 2.27. The first-order chi connectivity index (χ1) is 8.43. The Labute approximate surface area is 115 Å². The van der Waals surface area contributed by atoms with Crippen molar-refractivity contribution in [2.45, 2.75) is 52.5 Å². The zero-order valence-electron chi connectivity index (χ0n) is 11.9. The summed E-state index contributed by atoms with van der Waals surface area (Å²) in [5.74, 6) is 0. The van der Waals surface area contributed by atoms with E-state index in [0.29, 0.717) is 0 Å². The van der Waals surface area contributed by atoms with Crippen molar-refractivity contribution in [1.82, 2.24) is 15.1 Å². The van der Waals surface area contributed by atoms with Gasteiger partial charge in [-0.15, -0.1) is 0 Å². The molecule has 1 fully saturated rings. The van der Waals surface area contributed by atoms with Gasteiger partial charge in [0.05, 0.1) is 16.4 Å². The summed E-state index contributed by atoms with van der Waals surface area (Å²) < 4.78 is 1.94. The standard InChI is InChI=1S/C14H24ClN3/c1-5-11-13(15)12(18(4)17-11)8-14(2,3)9-16-10-6-7-10/h10,16H,5-9H2,1-4H3. The molecule has 0 spiro atoms. The lowest BCUT2D eigenvalue weighted by Gasteiger charge is -2.25. The smallest absolute Gasteiger partial charge is 0.0849 e. The van der Waals surface area contributed by atoms with Gasteiger partial charge in [0.25, 0.3) is 0 Å². The van der Waals surface area contributed by atoms with Crippen molar-refractivity contribution in [3.05, 3.63) is 16.4 Å². The van der Waals surface area contributed by atoms with Crippen molar-refractivity contribution in [3.8, 4) is 0 Å². The van der Waals surface area contributed by atoms with E-state index in [1.807, 2.05) is 11.7 Å². The summed E-state index contributed by atoms with van der Waals surface area (Å²) in [5, 5.41) is 8.95. The molecule has 0 bridgehead atoms. The van der Waals surface area contributed by atoms with Crippen LogP contribution in [0.3, 0.4) is 0 Å². The van der Waals surface area contributed by atoms with E-state index in [0.717, 1.165) is 41.8 Å². The van der Waals surface area contributed by atoms with E-state index in [1.165, 1.54) is 12.8 Å². The Morgan fingerprint density at radius 2 is 2.11 bits per heavy atom. The summed E-state index contributed by atoms with van der Waals surface area (Å²) in [6.07, 6.45) is 4.54. The minimum atomic E-state index is 0.213. The van der Waals surface area contributed by atoms with E-state index in [2.05, 4.69) is 31.2 Å². The molecule has 0 amide bonds. The monoisotopic (exact) mass is 269 g/mol. The second-order valence-electron chi connectivity index (χ2n) is 6.18. The molecule has 1 N–H and O–H groups in total. The molecule has 1 aromatic rings. The van der Waals surface area contributed by atoms with Gasteiger partial charge in [-0.25, -0.2) is 0 Å². The molecular formula is C14H24ClN3. The predicted molar refractivity (Wildman–Crippen MR) is 76.1 cm³/mol. The summed E-state index contributed by atoms with van der Waals surface area (Å²) in [6, 6.07) is 0.762. The third-order valence-corrected chi connectivity index (χ3v) is 4.03. The Morgan fingerprint density at radius 3 is 2.61 bits per heavy atom. The third-order valence-electron chi connectivity index (χ3n) is 3.60. The SMILES string of the molecule is CCc1nn(C)c(CC(C)(C)CNC2CC2)c1Cl. The van der Waals surface area contributed by atoms with Crippen molar-refractivity contribution in [2.24, 2.45) is 12.5 Å². The summed E-state index contributed by atoms with van der Waals surface area (Å²) in [7, 11) is 1.99. The molecule has 0 atom stereocenters. The highest BCUT2D eigenvalue weighted by atomic mass is 35.5. The Balaban J connectivity index is 2.04. The molecule has 0 unspecified atom stereocenters. The molecule has 0 aromatic carbocycles. The average Bonchev–Trinajstić information content (AvgIpc) is 3.09. The van der Waals surface area contributed by atoms with E-state index < -0.39 is 0 Å². The highest BCUT2D eigenvalue weighted by Crippen LogP contribution is 2.29. The Hall–Kier alpha value is -0.540. The largest absolute Gasteiger partial charge is 0.313 e. The Morgan fingerprint density at radius 1 is 1.44 bits per heavy atom. The van der Waals surface area contributed by atoms with Crippen molar-refractivity contribution in [3.63, 3.8) is 0 Å². The minimum Gasteiger partial charge on any atom is -0.313 e. The maximum absolute atomic E-state index is 6.41. The molecule has 0 saturated heterocycles. The number of hydrogen-bond acceptors (Lipinski definition) is 2. The Kier molecular flexibility index (Phi) is 4.02. The maximum Gasteiger partial charge on any atom is 0.0849 e. The normalized spacial score (nSPS) is 16.3. The van der Waals surface area contributed by atoms with Gasteiger partial charge in [-0.1, -0.05) is 32.4 Å². The summed E-state index contributed by atoms with van der Waals surface area (Å²) in [5.41, 5.74) is 2.39. The zero-order valence-corrected chi connectivity index (χ0v) is 12.6. The van der Waals surface area contributed by atoms with Gasteiger partial charge in [0.2, 0.25) is 0 Å². The molecule has 1 saturated carbocycles. The van der Waals surface area contributed by atoms with Crippen LogP contribution < -0.4 is 5.32 Å². The van der Waals surface area contributed by atoms with Crippen molar-refractivity contribution in [1.29, 1.82) is 0 Å². The van der Waals surface area contributed by atoms with Crippen molar-refractivity contribution >= 4 is 11.6 Å². The number of halogens is 1. The Bertz CT molecular complexity index is 419. The van der Waals surface area contributed by atoms with Crippen LogP contribution in [0.15, 0.2) is 0 Å². The third kappa shape index (κ3) is 3.27. The number of aromatic nitrogens is 2. The van der Waals surface area contributed by atoms with Crippen LogP contribution in [0.5, 0.6) is 0 Å². The minimum absolute atomic E-state index is 0.213. The fourth-order valence-electron chi connectivity index (χ4n) is 2.24. The molecule has 1 aromatic heterocycles. The number of hydrogen-bond donors (Lipinski definition) is 1. The quantitative estimate of drug-likeness (QED) is 0.861. The lowest BCUT2D eigenvalue weighted by molar-refractivity contribution is 0.329. The van der Waals surface area contributed by atoms with Crippen LogP contribution in [-0.2, 0) is 19.9 Å². The molecule has 1 aliphatic carbocycles. The molecule has 0 radical (unpaired) electrons. The first-order valence-electron chi connectivity index (χ1n) is 6.86. The average molecular weight is 270 g/mol. The number of aryl methyl sites for hydroxylation is 2. The van der Waals surface area contributed by atoms with E-state index >= 15 is 0 Å². The fourth-order valence-corrected chi connectivity index (χ4v) is 2.60. The molecular weight excluding hydrogens is 246 g/mol. The lowest BCUT2D eigenvalue weighted by Crippen LogP contribution is -2.33. The number of nitrogens with zero attached hydrogens (tertiary/aromatic N) is 2. The van der Waals surface area contributed by atoms with Crippen LogP contribution in [-0.4, -0.2) is 22.4 Å². The predicted octanol–water partition coefficient (Wildman–Crippen LogP) is 2.96. The fraction of sp³-hybridized carbons (Fsp3) is 0.786. The summed E-state index contributed by atoms with van der Waals surface area (Å²) in [6.45, 7) is 7.72. The van der Waals surface area contributed by atoms with Gasteiger partial charge in [0.1, 0.15) is 0 Å². The van der Waals surface area contributed by atoms with Crippen LogP contribution in [0, 0.1) is 5.41 Å². The zero-order chi connectivity index (χ0) is 13.3. The van der Waals surface area contributed by atoms with E-state index in [-0.39, 0.29) is 5.41 Å². The van der Waals surface area contributed by atoms with E-state index in [1.54, 1.807) is 0 Å². The lowest BCUT2D eigenvalue weighted by atomic mass is 9.87. The topological polar surface area (TPSA) is 29.9 Å². The molecule has 4 heteroatoms. The molecule has 2 rings (SSSR count). The van der Waals surface area contributed by atoms with Crippen molar-refractivity contribution in [2.75, 3.05) is 6.54 Å². The van der Waals surface area contributed by atoms with Gasteiger partial charge in [-0.3, -0.25) is 4.68 Å². The van der Waals surface area contributed by atoms with Crippen LogP contribution in [0.4, 0.5) is 0 Å². The molecule has 18 heavy (non-hydrogen) atoms. The van der Waals surface area contributed by atoms with Gasteiger partial charge in [-0.2, -0.15) is 5.10 Å². The maximum atomic E-state index is 6.41. The van der Waals surface area contributed by atoms with Crippen LogP contribution in [0.25, 0.3) is 0 Å². The number of rotatable bonds is 6. The second-order valence-corrected chi connectivity index (χ2v) is 6.56. The highest BCUT2D eigenvalue weighted by molar-refractivity contribution is 6.31. The first kappa shape index (κ1) is 13.9. The van der Waals surface area contributed by atoms with Gasteiger partial charge >= 0.3 is 0 Å².